The van der Waals surface area contributed by atoms with Crippen molar-refractivity contribution in [3.8, 4) is 0 Å². The summed E-state index contributed by atoms with van der Waals surface area (Å²) in [6.07, 6.45) is 3.45. The molecule has 1 aliphatic carbocycles. The number of carbonyl (C=O) groups is 2. The minimum absolute atomic E-state index is 0.139. The summed E-state index contributed by atoms with van der Waals surface area (Å²) in [5.74, 6) is -1.12. The van der Waals surface area contributed by atoms with Gasteiger partial charge in [-0.1, -0.05) is 0 Å². The van der Waals surface area contributed by atoms with Gasteiger partial charge in [-0.3, -0.25) is 4.79 Å². The van der Waals surface area contributed by atoms with Gasteiger partial charge >= 0.3 is 5.97 Å². The number of rotatable bonds is 5. The highest BCUT2D eigenvalue weighted by Gasteiger charge is 2.41. The number of carbonyl (C=O) groups excluding carboxylic acids is 1. The van der Waals surface area contributed by atoms with Crippen molar-refractivity contribution in [1.82, 2.24) is 0 Å². The molecular weight excluding hydrogens is 258 g/mol. The Hall–Kier alpha value is -1.88. The predicted molar refractivity (Wildman–Crippen MR) is 74.9 cm³/mol. The molecule has 5 nitrogen and oxygen atoms in total. The van der Waals surface area contributed by atoms with Gasteiger partial charge in [-0.25, -0.2) is 4.79 Å². The molecule has 0 radical (unpaired) electrons. The minimum Gasteiger partial charge on any atom is -0.478 e. The normalized spacial score (nSPS) is 16.9. The molecule has 0 saturated heterocycles. The smallest absolute Gasteiger partial charge is 0.335 e. The van der Waals surface area contributed by atoms with Gasteiger partial charge in [0.25, 0.3) is 5.91 Å². The lowest BCUT2D eigenvalue weighted by molar-refractivity contribution is -0.140. The van der Waals surface area contributed by atoms with E-state index in [9.17, 15) is 9.59 Å². The number of carboxylic acids is 1. The summed E-state index contributed by atoms with van der Waals surface area (Å²) in [4.78, 5) is 23.2. The van der Waals surface area contributed by atoms with Crippen LogP contribution < -0.4 is 5.32 Å². The molecule has 0 atom stereocenters. The van der Waals surface area contributed by atoms with E-state index in [1.54, 1.807) is 12.1 Å². The lowest BCUT2D eigenvalue weighted by atomic mass is 10.0. The number of aromatic carboxylic acids is 1. The van der Waals surface area contributed by atoms with E-state index in [1.165, 1.54) is 12.1 Å². The van der Waals surface area contributed by atoms with Crippen LogP contribution in [0.1, 0.15) is 43.0 Å². The molecule has 0 bridgehead atoms. The van der Waals surface area contributed by atoms with Gasteiger partial charge in [0.1, 0.15) is 5.60 Å². The number of ether oxygens (including phenoxy) is 1. The molecule has 1 aliphatic rings. The first-order valence-corrected chi connectivity index (χ1v) is 6.86. The molecule has 2 N–H and O–H groups in total. The van der Waals surface area contributed by atoms with Crippen molar-refractivity contribution in [3.05, 3.63) is 29.8 Å². The maximum Gasteiger partial charge on any atom is 0.335 e. The Balaban J connectivity index is 2.08. The van der Waals surface area contributed by atoms with Crippen LogP contribution in [0.15, 0.2) is 24.3 Å². The molecule has 1 saturated carbocycles. The number of anilines is 1. The summed E-state index contributed by atoms with van der Waals surface area (Å²) in [5.41, 5.74) is 0.0644. The second-order valence-electron chi connectivity index (χ2n) is 4.97. The van der Waals surface area contributed by atoms with E-state index in [0.717, 1.165) is 25.7 Å². The Morgan fingerprint density at radius 3 is 2.35 bits per heavy atom. The summed E-state index contributed by atoms with van der Waals surface area (Å²) in [5, 5.41) is 11.7. The van der Waals surface area contributed by atoms with E-state index >= 15 is 0 Å². The Bertz CT molecular complexity index is 489. The zero-order valence-corrected chi connectivity index (χ0v) is 11.5. The third-order valence-corrected chi connectivity index (χ3v) is 3.64. The van der Waals surface area contributed by atoms with Crippen molar-refractivity contribution in [2.75, 3.05) is 11.9 Å². The fourth-order valence-corrected chi connectivity index (χ4v) is 2.60. The van der Waals surface area contributed by atoms with Crippen LogP contribution in [-0.4, -0.2) is 29.2 Å². The van der Waals surface area contributed by atoms with Gasteiger partial charge < -0.3 is 15.2 Å². The maximum atomic E-state index is 12.4. The molecule has 1 aromatic carbocycles. The highest BCUT2D eigenvalue weighted by atomic mass is 16.5. The van der Waals surface area contributed by atoms with E-state index in [0.29, 0.717) is 12.3 Å². The molecule has 20 heavy (non-hydrogen) atoms. The van der Waals surface area contributed by atoms with Crippen molar-refractivity contribution in [2.24, 2.45) is 0 Å². The summed E-state index contributed by atoms with van der Waals surface area (Å²) in [6, 6.07) is 6.13. The number of nitrogens with one attached hydrogen (secondary N) is 1. The largest absolute Gasteiger partial charge is 0.478 e. The van der Waals surface area contributed by atoms with Gasteiger partial charge in [0.05, 0.1) is 5.56 Å². The predicted octanol–water partition coefficient (Wildman–Crippen LogP) is 2.67. The second kappa shape index (κ2) is 6.05. The lowest BCUT2D eigenvalue weighted by Gasteiger charge is -2.27. The van der Waals surface area contributed by atoms with E-state index in [-0.39, 0.29) is 11.5 Å². The number of hydrogen-bond acceptors (Lipinski definition) is 3. The van der Waals surface area contributed by atoms with Crippen molar-refractivity contribution >= 4 is 17.6 Å². The third-order valence-electron chi connectivity index (χ3n) is 3.64. The summed E-state index contributed by atoms with van der Waals surface area (Å²) in [6.45, 7) is 2.39. The number of benzene rings is 1. The SMILES string of the molecule is CCOC1(C(=O)Nc2ccc(C(=O)O)cc2)CCCC1. The van der Waals surface area contributed by atoms with Gasteiger partial charge in [0.2, 0.25) is 0 Å². The van der Waals surface area contributed by atoms with Gasteiger partial charge in [-0.15, -0.1) is 0 Å². The average Bonchev–Trinajstić information content (AvgIpc) is 2.89. The number of amides is 1. The van der Waals surface area contributed by atoms with Crippen molar-refractivity contribution < 1.29 is 19.4 Å². The van der Waals surface area contributed by atoms with Gasteiger partial charge in [0.15, 0.2) is 0 Å². The van der Waals surface area contributed by atoms with E-state index in [2.05, 4.69) is 5.32 Å². The first kappa shape index (κ1) is 14.5. The molecule has 0 aliphatic heterocycles. The number of carboxylic acid groups (broad SMARTS) is 1. The molecule has 0 heterocycles. The Morgan fingerprint density at radius 2 is 1.85 bits per heavy atom. The van der Waals surface area contributed by atoms with Crippen molar-refractivity contribution in [2.45, 2.75) is 38.2 Å². The third kappa shape index (κ3) is 2.99. The van der Waals surface area contributed by atoms with Crippen LogP contribution in [0.3, 0.4) is 0 Å². The molecule has 1 aromatic rings. The van der Waals surface area contributed by atoms with Crippen LogP contribution in [0.25, 0.3) is 0 Å². The van der Waals surface area contributed by atoms with Crippen molar-refractivity contribution in [1.29, 1.82) is 0 Å². The molecule has 0 spiro atoms. The fourth-order valence-electron chi connectivity index (χ4n) is 2.60. The summed E-state index contributed by atoms with van der Waals surface area (Å²) >= 11 is 0. The lowest BCUT2D eigenvalue weighted by Crippen LogP contribution is -2.43. The quantitative estimate of drug-likeness (QED) is 0.867. The Labute approximate surface area is 117 Å². The van der Waals surface area contributed by atoms with Gasteiger partial charge in [0, 0.05) is 12.3 Å². The Morgan fingerprint density at radius 1 is 1.25 bits per heavy atom. The van der Waals surface area contributed by atoms with E-state index < -0.39 is 11.6 Å². The number of hydrogen-bond donors (Lipinski definition) is 2. The van der Waals surface area contributed by atoms with E-state index in [1.807, 2.05) is 6.92 Å². The monoisotopic (exact) mass is 277 g/mol. The van der Waals surface area contributed by atoms with Crippen molar-refractivity contribution in [3.63, 3.8) is 0 Å². The maximum absolute atomic E-state index is 12.4. The van der Waals surface area contributed by atoms with Crippen LogP contribution in [0.4, 0.5) is 5.69 Å². The minimum atomic E-state index is -0.982. The highest BCUT2D eigenvalue weighted by molar-refractivity contribution is 5.98. The molecule has 2 rings (SSSR count). The molecular formula is C15H19NO4. The summed E-state index contributed by atoms with van der Waals surface area (Å²) in [7, 11) is 0. The summed E-state index contributed by atoms with van der Waals surface area (Å²) < 4.78 is 5.68. The molecule has 1 amide bonds. The Kier molecular flexibility index (Phi) is 4.39. The van der Waals surface area contributed by atoms with Crippen LogP contribution >= 0.6 is 0 Å². The van der Waals surface area contributed by atoms with Gasteiger partial charge in [-0.05, 0) is 56.9 Å². The fraction of sp³-hybridized carbons (Fsp3) is 0.467. The van der Waals surface area contributed by atoms with Crippen LogP contribution in [0.5, 0.6) is 0 Å². The molecule has 0 aromatic heterocycles. The first-order valence-electron chi connectivity index (χ1n) is 6.86. The van der Waals surface area contributed by atoms with Crippen LogP contribution in [0.2, 0.25) is 0 Å². The topological polar surface area (TPSA) is 75.6 Å². The highest BCUT2D eigenvalue weighted by Crippen LogP contribution is 2.34. The van der Waals surface area contributed by atoms with Crippen LogP contribution in [-0.2, 0) is 9.53 Å². The standard InChI is InChI=1S/C15H19NO4/c1-2-20-15(9-3-4-10-15)14(19)16-12-7-5-11(6-8-12)13(17)18/h5-8H,2-4,9-10H2,1H3,(H,16,19)(H,17,18). The average molecular weight is 277 g/mol. The first-order chi connectivity index (χ1) is 9.57. The second-order valence-corrected chi connectivity index (χ2v) is 4.97. The van der Waals surface area contributed by atoms with Gasteiger partial charge in [-0.2, -0.15) is 0 Å². The zero-order chi connectivity index (χ0) is 14.6. The van der Waals surface area contributed by atoms with E-state index in [4.69, 9.17) is 9.84 Å². The molecule has 5 heteroatoms. The molecule has 0 unspecified atom stereocenters. The molecule has 108 valence electrons. The van der Waals surface area contributed by atoms with Crippen LogP contribution in [0, 0.1) is 0 Å². The molecule has 1 fully saturated rings. The zero-order valence-electron chi connectivity index (χ0n) is 11.5.